The minimum absolute atomic E-state index is 0.180. The third-order valence-corrected chi connectivity index (χ3v) is 3.26. The number of carbonyl (C=O) groups is 2. The fraction of sp³-hybridized carbons (Fsp3) is 0.750. The maximum Gasteiger partial charge on any atom is 0.326 e. The number of hydrogen-bond donors (Lipinski definition) is 3. The number of carboxylic acid groups (broad SMARTS) is 1. The maximum absolute atomic E-state index is 11.7. The summed E-state index contributed by atoms with van der Waals surface area (Å²) in [6.07, 6.45) is 6.19. The molecule has 0 unspecified atom stereocenters. The molecule has 0 radical (unpaired) electrons. The largest absolute Gasteiger partial charge is 0.480 e. The number of unbranched alkanes of at least 4 members (excludes halogenated alkanes) is 4. The molecule has 0 spiro atoms. The predicted octanol–water partition coefficient (Wildman–Crippen LogP) is 2.49. The van der Waals surface area contributed by atoms with Crippen LogP contribution < -0.4 is 5.32 Å². The van der Waals surface area contributed by atoms with E-state index in [2.05, 4.69) is 11.9 Å². The summed E-state index contributed by atoms with van der Waals surface area (Å²) < 4.78 is 0. The van der Waals surface area contributed by atoms with Gasteiger partial charge in [0.05, 0.1) is 0 Å². The van der Waals surface area contributed by atoms with Gasteiger partial charge in [-0.2, -0.15) is 0 Å². The Morgan fingerprint density at radius 2 is 1.81 bits per heavy atom. The molecule has 0 saturated heterocycles. The van der Waals surface area contributed by atoms with Gasteiger partial charge in [0.2, 0.25) is 5.91 Å². The number of aliphatic hydroxyl groups excluding tert-OH is 1. The Labute approximate surface area is 127 Å². The third kappa shape index (κ3) is 10.1. The number of rotatable bonds is 12. The van der Waals surface area contributed by atoms with Gasteiger partial charge in [-0.1, -0.05) is 39.2 Å². The number of hydrogen-bond acceptors (Lipinski definition) is 3. The zero-order valence-corrected chi connectivity index (χ0v) is 13.2. The molecule has 0 aliphatic rings. The summed E-state index contributed by atoms with van der Waals surface area (Å²) >= 11 is 0. The second kappa shape index (κ2) is 11.3. The molecular formula is C16H29NO4. The van der Waals surface area contributed by atoms with Crippen LogP contribution in [0.5, 0.6) is 0 Å². The first-order valence-electron chi connectivity index (χ1n) is 7.70. The first kappa shape index (κ1) is 19.6. The highest BCUT2D eigenvalue weighted by molar-refractivity contribution is 5.86. The van der Waals surface area contributed by atoms with Crippen LogP contribution in [0.2, 0.25) is 0 Å². The summed E-state index contributed by atoms with van der Waals surface area (Å²) in [7, 11) is 0. The van der Waals surface area contributed by atoms with Gasteiger partial charge in [0, 0.05) is 0 Å². The Balaban J connectivity index is 4.09. The quantitative estimate of drug-likeness (QED) is 0.382. The smallest absolute Gasteiger partial charge is 0.326 e. The summed E-state index contributed by atoms with van der Waals surface area (Å²) in [5.74, 6) is -1.46. The van der Waals surface area contributed by atoms with Crippen molar-refractivity contribution in [3.63, 3.8) is 0 Å². The van der Waals surface area contributed by atoms with E-state index in [1.165, 1.54) is 0 Å². The van der Waals surface area contributed by atoms with Crippen LogP contribution in [-0.4, -0.2) is 34.2 Å². The molecule has 21 heavy (non-hydrogen) atoms. The molecule has 0 rings (SSSR count). The summed E-state index contributed by atoms with van der Waals surface area (Å²) in [6, 6.07) is -0.918. The number of aliphatic carboxylic acids is 1. The molecule has 1 amide bonds. The summed E-state index contributed by atoms with van der Waals surface area (Å²) in [5.41, 5.74) is 0. The molecule has 0 aliphatic heterocycles. The van der Waals surface area contributed by atoms with E-state index in [1.807, 2.05) is 19.9 Å². The zero-order valence-electron chi connectivity index (χ0n) is 13.2. The molecule has 0 fully saturated rings. The lowest BCUT2D eigenvalue weighted by molar-refractivity contribution is -0.143. The van der Waals surface area contributed by atoms with Crippen LogP contribution in [0, 0.1) is 5.92 Å². The van der Waals surface area contributed by atoms with Crippen LogP contribution in [0.1, 0.15) is 58.8 Å². The summed E-state index contributed by atoms with van der Waals surface area (Å²) in [5, 5.41) is 21.2. The van der Waals surface area contributed by atoms with Gasteiger partial charge >= 0.3 is 5.97 Å². The third-order valence-electron chi connectivity index (χ3n) is 3.26. The molecule has 0 aliphatic carbocycles. The normalized spacial score (nSPS) is 13.7. The molecule has 0 aromatic rings. The minimum Gasteiger partial charge on any atom is -0.480 e. The average molecular weight is 299 g/mol. The van der Waals surface area contributed by atoms with Gasteiger partial charge in [0.25, 0.3) is 0 Å². The van der Waals surface area contributed by atoms with E-state index in [4.69, 9.17) is 5.11 Å². The van der Waals surface area contributed by atoms with E-state index in [0.717, 1.165) is 32.1 Å². The number of carbonyl (C=O) groups excluding carboxylic acids is 1. The molecule has 122 valence electrons. The maximum atomic E-state index is 11.7. The lowest BCUT2D eigenvalue weighted by Crippen LogP contribution is -2.45. The van der Waals surface area contributed by atoms with Crippen LogP contribution in [0.15, 0.2) is 12.7 Å². The zero-order chi connectivity index (χ0) is 16.3. The molecule has 2 atom stereocenters. The standard InChI is InChI=1S/C16H29NO4/c1-4-5-6-7-8-9-10-13(16(20)21)17-15(19)14(18)11-12(2)3/h4,12-14,18H,1,5-11H2,2-3H3,(H,17,19)(H,20,21)/t13-,14+/m1/s1. The number of aliphatic hydroxyl groups is 1. The number of carboxylic acids is 1. The van der Waals surface area contributed by atoms with Gasteiger partial charge in [-0.3, -0.25) is 4.79 Å². The van der Waals surface area contributed by atoms with Crippen molar-refractivity contribution in [2.24, 2.45) is 5.92 Å². The van der Waals surface area contributed by atoms with Crippen molar-refractivity contribution in [3.05, 3.63) is 12.7 Å². The van der Waals surface area contributed by atoms with Crippen LogP contribution in [0.25, 0.3) is 0 Å². The number of amides is 1. The van der Waals surface area contributed by atoms with Crippen LogP contribution in [-0.2, 0) is 9.59 Å². The van der Waals surface area contributed by atoms with E-state index in [-0.39, 0.29) is 5.92 Å². The molecule has 0 bridgehead atoms. The molecule has 0 heterocycles. The van der Waals surface area contributed by atoms with E-state index in [1.54, 1.807) is 0 Å². The minimum atomic E-state index is -1.14. The number of allylic oxidation sites excluding steroid dienone is 1. The van der Waals surface area contributed by atoms with Crippen molar-refractivity contribution in [3.8, 4) is 0 Å². The average Bonchev–Trinajstić information content (AvgIpc) is 2.39. The highest BCUT2D eigenvalue weighted by Gasteiger charge is 2.23. The van der Waals surface area contributed by atoms with Crippen molar-refractivity contribution >= 4 is 11.9 Å². The van der Waals surface area contributed by atoms with E-state index < -0.39 is 24.0 Å². The van der Waals surface area contributed by atoms with Crippen molar-refractivity contribution in [1.82, 2.24) is 5.32 Å². The first-order valence-corrected chi connectivity index (χ1v) is 7.70. The van der Waals surface area contributed by atoms with Gasteiger partial charge in [0.1, 0.15) is 12.1 Å². The SMILES string of the molecule is C=CCCCCCC[C@@H](NC(=O)[C@@H](O)CC(C)C)C(=O)O. The molecule has 0 aromatic heterocycles. The van der Waals surface area contributed by atoms with E-state index >= 15 is 0 Å². The molecule has 5 heteroatoms. The topological polar surface area (TPSA) is 86.6 Å². The van der Waals surface area contributed by atoms with Crippen molar-refractivity contribution < 1.29 is 19.8 Å². The van der Waals surface area contributed by atoms with Gasteiger partial charge in [-0.25, -0.2) is 4.79 Å². The Morgan fingerprint density at radius 1 is 1.19 bits per heavy atom. The van der Waals surface area contributed by atoms with Crippen LogP contribution in [0.3, 0.4) is 0 Å². The van der Waals surface area contributed by atoms with Gasteiger partial charge in [0.15, 0.2) is 0 Å². The van der Waals surface area contributed by atoms with Crippen LogP contribution >= 0.6 is 0 Å². The summed E-state index contributed by atoms with van der Waals surface area (Å²) in [4.78, 5) is 22.9. The van der Waals surface area contributed by atoms with Crippen molar-refractivity contribution in [2.45, 2.75) is 70.9 Å². The first-order chi connectivity index (χ1) is 9.88. The van der Waals surface area contributed by atoms with Gasteiger partial charge < -0.3 is 15.5 Å². The fourth-order valence-corrected chi connectivity index (χ4v) is 2.07. The summed E-state index contributed by atoms with van der Waals surface area (Å²) in [6.45, 7) is 7.45. The predicted molar refractivity (Wildman–Crippen MR) is 82.9 cm³/mol. The lowest BCUT2D eigenvalue weighted by Gasteiger charge is -2.18. The molecule has 0 saturated carbocycles. The van der Waals surface area contributed by atoms with Crippen molar-refractivity contribution in [1.29, 1.82) is 0 Å². The molecule has 0 aromatic carbocycles. The lowest BCUT2D eigenvalue weighted by atomic mass is 10.0. The second-order valence-electron chi connectivity index (χ2n) is 5.82. The Hall–Kier alpha value is -1.36. The van der Waals surface area contributed by atoms with Gasteiger partial charge in [-0.15, -0.1) is 6.58 Å². The molecule has 5 nitrogen and oxygen atoms in total. The van der Waals surface area contributed by atoms with Gasteiger partial charge in [-0.05, 0) is 31.6 Å². The monoisotopic (exact) mass is 299 g/mol. The highest BCUT2D eigenvalue weighted by atomic mass is 16.4. The Bertz CT molecular complexity index is 328. The second-order valence-corrected chi connectivity index (χ2v) is 5.82. The fourth-order valence-electron chi connectivity index (χ4n) is 2.07. The van der Waals surface area contributed by atoms with Crippen LogP contribution in [0.4, 0.5) is 0 Å². The molecule has 3 N–H and O–H groups in total. The highest BCUT2D eigenvalue weighted by Crippen LogP contribution is 2.09. The Kier molecular flexibility index (Phi) is 10.6. The molecular weight excluding hydrogens is 270 g/mol. The van der Waals surface area contributed by atoms with E-state index in [9.17, 15) is 14.7 Å². The van der Waals surface area contributed by atoms with E-state index in [0.29, 0.717) is 12.8 Å². The Morgan fingerprint density at radius 3 is 2.33 bits per heavy atom. The number of nitrogens with one attached hydrogen (secondary N) is 1. The van der Waals surface area contributed by atoms with Crippen molar-refractivity contribution in [2.75, 3.05) is 0 Å².